The Morgan fingerprint density at radius 2 is 1.71 bits per heavy atom. The van der Waals surface area contributed by atoms with E-state index in [0.717, 1.165) is 28.9 Å². The van der Waals surface area contributed by atoms with Gasteiger partial charge in [-0.1, -0.05) is 73.1 Å². The Morgan fingerprint density at radius 1 is 1.00 bits per heavy atom. The lowest BCUT2D eigenvalue weighted by atomic mass is 10.2. The van der Waals surface area contributed by atoms with Crippen molar-refractivity contribution in [1.82, 2.24) is 20.0 Å². The Balaban J connectivity index is 1.74. The molecule has 1 aromatic heterocycles. The maximum absolute atomic E-state index is 13.1. The summed E-state index contributed by atoms with van der Waals surface area (Å²) in [5, 5.41) is 8.39. The number of hydrogen-bond acceptors (Lipinski definition) is 3. The molecular formula is C28H29ClN4O2. The molecule has 0 bridgehead atoms. The molecule has 4 aromatic rings. The van der Waals surface area contributed by atoms with Gasteiger partial charge in [0, 0.05) is 18.1 Å². The standard InChI is InChI=1S/C28H29ClN4O2/c1-3-17-30-28(34)32(19-22-11-6-4-7-12-22)20-26-21(2)31-33(24-14-10-13-23(29)18-24)27(26)35-25-15-8-5-9-16-25/h4-16,18H,3,17,19-20H2,1-2H3,(H,30,34). The maximum Gasteiger partial charge on any atom is 0.318 e. The molecule has 1 N–H and O–H groups in total. The first-order valence-electron chi connectivity index (χ1n) is 11.7. The zero-order valence-electron chi connectivity index (χ0n) is 19.9. The molecule has 0 saturated carbocycles. The van der Waals surface area contributed by atoms with Crippen molar-refractivity contribution >= 4 is 17.6 Å². The number of amides is 2. The first-order chi connectivity index (χ1) is 17.0. The molecule has 0 saturated heterocycles. The summed E-state index contributed by atoms with van der Waals surface area (Å²) in [5.74, 6) is 1.24. The lowest BCUT2D eigenvalue weighted by Crippen LogP contribution is -2.39. The van der Waals surface area contributed by atoms with Crippen LogP contribution in [0.2, 0.25) is 5.02 Å². The third kappa shape index (κ3) is 6.22. The van der Waals surface area contributed by atoms with E-state index in [1.165, 1.54) is 0 Å². The third-order valence-corrected chi connectivity index (χ3v) is 5.76. The van der Waals surface area contributed by atoms with E-state index in [0.29, 0.717) is 36.3 Å². The molecule has 0 radical (unpaired) electrons. The zero-order chi connectivity index (χ0) is 24.6. The van der Waals surface area contributed by atoms with Crippen LogP contribution in [-0.4, -0.2) is 27.3 Å². The molecule has 7 heteroatoms. The lowest BCUT2D eigenvalue weighted by molar-refractivity contribution is 0.191. The van der Waals surface area contributed by atoms with Crippen LogP contribution < -0.4 is 10.1 Å². The molecule has 1 heterocycles. The van der Waals surface area contributed by atoms with Crippen molar-refractivity contribution in [3.8, 4) is 17.3 Å². The van der Waals surface area contributed by atoms with Gasteiger partial charge in [-0.25, -0.2) is 9.48 Å². The second-order valence-corrected chi connectivity index (χ2v) is 8.69. The fraction of sp³-hybridized carbons (Fsp3) is 0.214. The second kappa shape index (κ2) is 11.6. The molecule has 3 aromatic carbocycles. The number of aryl methyl sites for hydroxylation is 1. The average molecular weight is 489 g/mol. The van der Waals surface area contributed by atoms with Crippen LogP contribution in [0.25, 0.3) is 5.69 Å². The summed E-state index contributed by atoms with van der Waals surface area (Å²) in [6.45, 7) is 5.37. The minimum atomic E-state index is -0.128. The highest BCUT2D eigenvalue weighted by atomic mass is 35.5. The van der Waals surface area contributed by atoms with Gasteiger partial charge in [-0.05, 0) is 49.2 Å². The number of ether oxygens (including phenoxy) is 1. The number of aromatic nitrogens is 2. The van der Waals surface area contributed by atoms with Crippen LogP contribution >= 0.6 is 11.6 Å². The molecule has 4 rings (SSSR count). The van der Waals surface area contributed by atoms with E-state index in [1.54, 1.807) is 9.58 Å². The highest BCUT2D eigenvalue weighted by molar-refractivity contribution is 6.30. The van der Waals surface area contributed by atoms with E-state index < -0.39 is 0 Å². The molecule has 0 aliphatic rings. The number of halogens is 1. The largest absolute Gasteiger partial charge is 0.439 e. The molecular weight excluding hydrogens is 460 g/mol. The average Bonchev–Trinajstić information content (AvgIpc) is 3.18. The van der Waals surface area contributed by atoms with Crippen LogP contribution in [0.3, 0.4) is 0 Å². The number of urea groups is 1. The van der Waals surface area contributed by atoms with Crippen LogP contribution in [0, 0.1) is 6.92 Å². The predicted octanol–water partition coefficient (Wildman–Crippen LogP) is 6.75. The monoisotopic (exact) mass is 488 g/mol. The highest BCUT2D eigenvalue weighted by Crippen LogP contribution is 2.32. The molecule has 0 aliphatic heterocycles. The minimum absolute atomic E-state index is 0.128. The molecule has 35 heavy (non-hydrogen) atoms. The first kappa shape index (κ1) is 24.4. The van der Waals surface area contributed by atoms with Crippen LogP contribution in [0.15, 0.2) is 84.9 Å². The highest BCUT2D eigenvalue weighted by Gasteiger charge is 2.24. The molecule has 180 valence electrons. The number of nitrogens with one attached hydrogen (secondary N) is 1. The van der Waals surface area contributed by atoms with E-state index >= 15 is 0 Å². The molecule has 6 nitrogen and oxygen atoms in total. The Bertz CT molecular complexity index is 1260. The van der Waals surface area contributed by atoms with Gasteiger partial charge in [0.2, 0.25) is 5.88 Å². The summed E-state index contributed by atoms with van der Waals surface area (Å²) in [6.07, 6.45) is 0.860. The van der Waals surface area contributed by atoms with Crippen molar-refractivity contribution in [3.63, 3.8) is 0 Å². The molecule has 2 amide bonds. The van der Waals surface area contributed by atoms with Gasteiger partial charge in [-0.2, -0.15) is 5.10 Å². The summed E-state index contributed by atoms with van der Waals surface area (Å²) < 4.78 is 8.11. The number of carbonyl (C=O) groups is 1. The molecule has 0 unspecified atom stereocenters. The summed E-state index contributed by atoms with van der Waals surface area (Å²) in [4.78, 5) is 14.9. The normalized spacial score (nSPS) is 10.7. The van der Waals surface area contributed by atoms with Crippen molar-refractivity contribution in [2.75, 3.05) is 6.54 Å². The molecule has 0 spiro atoms. The van der Waals surface area contributed by atoms with Crippen molar-refractivity contribution in [2.45, 2.75) is 33.4 Å². The minimum Gasteiger partial charge on any atom is -0.439 e. The Hall–Kier alpha value is -3.77. The van der Waals surface area contributed by atoms with Crippen molar-refractivity contribution in [2.24, 2.45) is 0 Å². The summed E-state index contributed by atoms with van der Waals surface area (Å²) >= 11 is 6.28. The van der Waals surface area contributed by atoms with Crippen molar-refractivity contribution < 1.29 is 9.53 Å². The zero-order valence-corrected chi connectivity index (χ0v) is 20.7. The SMILES string of the molecule is CCCNC(=O)N(Cc1ccccc1)Cc1c(C)nn(-c2cccc(Cl)c2)c1Oc1ccccc1. The van der Waals surface area contributed by atoms with Gasteiger partial charge in [0.15, 0.2) is 0 Å². The van der Waals surface area contributed by atoms with E-state index in [9.17, 15) is 4.79 Å². The van der Waals surface area contributed by atoms with Crippen LogP contribution in [0.5, 0.6) is 11.6 Å². The predicted molar refractivity (Wildman–Crippen MR) is 139 cm³/mol. The fourth-order valence-corrected chi connectivity index (χ4v) is 3.93. The number of benzene rings is 3. The Kier molecular flexibility index (Phi) is 8.06. The van der Waals surface area contributed by atoms with Gasteiger partial charge in [0.05, 0.1) is 23.5 Å². The lowest BCUT2D eigenvalue weighted by Gasteiger charge is -2.24. The van der Waals surface area contributed by atoms with Gasteiger partial charge < -0.3 is 15.0 Å². The fourth-order valence-electron chi connectivity index (χ4n) is 3.75. The van der Waals surface area contributed by atoms with E-state index in [1.807, 2.05) is 98.8 Å². The molecule has 0 atom stereocenters. The van der Waals surface area contributed by atoms with Gasteiger partial charge >= 0.3 is 6.03 Å². The van der Waals surface area contributed by atoms with E-state index in [2.05, 4.69) is 5.32 Å². The van der Waals surface area contributed by atoms with Crippen LogP contribution in [0.1, 0.15) is 30.2 Å². The molecule has 0 fully saturated rings. The van der Waals surface area contributed by atoms with Crippen LogP contribution in [-0.2, 0) is 13.1 Å². The smallest absolute Gasteiger partial charge is 0.318 e. The second-order valence-electron chi connectivity index (χ2n) is 8.25. The number of nitrogens with zero attached hydrogens (tertiary/aromatic N) is 3. The van der Waals surface area contributed by atoms with Gasteiger partial charge in [0.25, 0.3) is 0 Å². The van der Waals surface area contributed by atoms with Crippen LogP contribution in [0.4, 0.5) is 4.79 Å². The van der Waals surface area contributed by atoms with Gasteiger partial charge in [0.1, 0.15) is 5.75 Å². The van der Waals surface area contributed by atoms with E-state index in [4.69, 9.17) is 21.4 Å². The number of rotatable bonds is 9. The Morgan fingerprint density at radius 3 is 2.40 bits per heavy atom. The number of carbonyl (C=O) groups excluding carboxylic acids is 1. The topological polar surface area (TPSA) is 59.4 Å². The van der Waals surface area contributed by atoms with Crippen molar-refractivity contribution in [1.29, 1.82) is 0 Å². The van der Waals surface area contributed by atoms with Gasteiger partial charge in [-0.15, -0.1) is 0 Å². The van der Waals surface area contributed by atoms with Gasteiger partial charge in [-0.3, -0.25) is 0 Å². The number of hydrogen-bond donors (Lipinski definition) is 1. The van der Waals surface area contributed by atoms with Crippen molar-refractivity contribution in [3.05, 3.63) is 107 Å². The molecule has 0 aliphatic carbocycles. The maximum atomic E-state index is 13.1. The van der Waals surface area contributed by atoms with E-state index in [-0.39, 0.29) is 6.03 Å². The number of para-hydroxylation sites is 1. The summed E-state index contributed by atoms with van der Waals surface area (Å²) in [5.41, 5.74) is 3.43. The summed E-state index contributed by atoms with van der Waals surface area (Å²) in [7, 11) is 0. The summed E-state index contributed by atoms with van der Waals surface area (Å²) in [6, 6.07) is 26.8. The Labute approximate surface area is 211 Å². The quantitative estimate of drug-likeness (QED) is 0.283. The first-order valence-corrected chi connectivity index (χ1v) is 12.1. The third-order valence-electron chi connectivity index (χ3n) is 5.53.